The summed E-state index contributed by atoms with van der Waals surface area (Å²) in [6, 6.07) is 6.58. The second-order valence-corrected chi connectivity index (χ2v) is 5.11. The SMILES string of the molecule is CCS(=O)CCNc1cccc(C(=O)O)c1. The molecule has 16 heavy (non-hydrogen) atoms. The van der Waals surface area contributed by atoms with Gasteiger partial charge < -0.3 is 10.4 Å². The lowest BCUT2D eigenvalue weighted by Crippen LogP contribution is -2.12. The first-order valence-corrected chi connectivity index (χ1v) is 6.54. The summed E-state index contributed by atoms with van der Waals surface area (Å²) in [6.45, 7) is 2.46. The van der Waals surface area contributed by atoms with Gasteiger partial charge in [0.05, 0.1) is 5.56 Å². The molecule has 5 heteroatoms. The van der Waals surface area contributed by atoms with Gasteiger partial charge in [0.2, 0.25) is 0 Å². The fourth-order valence-corrected chi connectivity index (χ4v) is 1.83. The second kappa shape index (κ2) is 6.27. The van der Waals surface area contributed by atoms with Gasteiger partial charge in [0.1, 0.15) is 0 Å². The van der Waals surface area contributed by atoms with Crippen molar-refractivity contribution in [2.24, 2.45) is 0 Å². The predicted octanol–water partition coefficient (Wildman–Crippen LogP) is 1.57. The van der Waals surface area contributed by atoms with Crippen LogP contribution in [0.3, 0.4) is 0 Å². The van der Waals surface area contributed by atoms with Crippen LogP contribution < -0.4 is 5.32 Å². The Kier molecular flexibility index (Phi) is 4.98. The van der Waals surface area contributed by atoms with E-state index in [1.807, 2.05) is 6.92 Å². The minimum Gasteiger partial charge on any atom is -0.478 e. The zero-order valence-corrected chi connectivity index (χ0v) is 9.92. The summed E-state index contributed by atoms with van der Waals surface area (Å²) in [5, 5.41) is 11.8. The third kappa shape index (κ3) is 4.02. The first-order valence-electron chi connectivity index (χ1n) is 5.05. The largest absolute Gasteiger partial charge is 0.478 e. The highest BCUT2D eigenvalue weighted by Gasteiger charge is 2.02. The zero-order valence-electron chi connectivity index (χ0n) is 9.10. The van der Waals surface area contributed by atoms with Gasteiger partial charge in [0.15, 0.2) is 0 Å². The molecule has 0 saturated carbocycles. The molecule has 88 valence electrons. The molecular formula is C11H15NO3S. The van der Waals surface area contributed by atoms with Crippen LogP contribution in [0.1, 0.15) is 17.3 Å². The van der Waals surface area contributed by atoms with Gasteiger partial charge in [0.25, 0.3) is 0 Å². The van der Waals surface area contributed by atoms with E-state index in [9.17, 15) is 9.00 Å². The van der Waals surface area contributed by atoms with E-state index in [-0.39, 0.29) is 5.56 Å². The molecule has 1 aromatic rings. The Balaban J connectivity index is 2.51. The average Bonchev–Trinajstić information content (AvgIpc) is 2.29. The van der Waals surface area contributed by atoms with E-state index in [0.717, 1.165) is 5.69 Å². The smallest absolute Gasteiger partial charge is 0.335 e. The van der Waals surface area contributed by atoms with Gasteiger partial charge in [-0.3, -0.25) is 4.21 Å². The van der Waals surface area contributed by atoms with E-state index in [4.69, 9.17) is 5.11 Å². The predicted molar refractivity (Wildman–Crippen MR) is 65.4 cm³/mol. The van der Waals surface area contributed by atoms with E-state index in [1.165, 1.54) is 6.07 Å². The number of hydrogen-bond donors (Lipinski definition) is 2. The molecule has 0 radical (unpaired) electrons. The summed E-state index contributed by atoms with van der Waals surface area (Å²) in [7, 11) is -0.794. The number of rotatable bonds is 6. The van der Waals surface area contributed by atoms with Crippen molar-refractivity contribution in [1.82, 2.24) is 0 Å². The molecule has 0 saturated heterocycles. The number of anilines is 1. The summed E-state index contributed by atoms with van der Waals surface area (Å²) < 4.78 is 11.2. The summed E-state index contributed by atoms with van der Waals surface area (Å²) in [5.74, 6) is 0.283. The highest BCUT2D eigenvalue weighted by Crippen LogP contribution is 2.10. The lowest BCUT2D eigenvalue weighted by atomic mass is 10.2. The summed E-state index contributed by atoms with van der Waals surface area (Å²) in [5.41, 5.74) is 0.995. The Morgan fingerprint density at radius 3 is 2.88 bits per heavy atom. The van der Waals surface area contributed by atoms with Crippen LogP contribution in [0.15, 0.2) is 24.3 Å². The molecule has 2 N–H and O–H groups in total. The van der Waals surface area contributed by atoms with Gasteiger partial charge >= 0.3 is 5.97 Å². The maximum absolute atomic E-state index is 11.2. The Hall–Kier alpha value is -1.36. The van der Waals surface area contributed by atoms with Crippen LogP contribution >= 0.6 is 0 Å². The van der Waals surface area contributed by atoms with Gasteiger partial charge in [0, 0.05) is 34.5 Å². The fourth-order valence-electron chi connectivity index (χ4n) is 1.22. The van der Waals surface area contributed by atoms with Crippen LogP contribution in [0.2, 0.25) is 0 Å². The van der Waals surface area contributed by atoms with Crippen LogP contribution in [0.4, 0.5) is 5.69 Å². The van der Waals surface area contributed by atoms with Crippen molar-refractivity contribution in [1.29, 1.82) is 0 Å². The van der Waals surface area contributed by atoms with Crippen molar-refractivity contribution in [3.8, 4) is 0 Å². The number of carboxylic acids is 1. The monoisotopic (exact) mass is 241 g/mol. The summed E-state index contributed by atoms with van der Waals surface area (Å²) in [6.07, 6.45) is 0. The number of benzene rings is 1. The Morgan fingerprint density at radius 2 is 2.25 bits per heavy atom. The lowest BCUT2D eigenvalue weighted by Gasteiger charge is -2.06. The maximum Gasteiger partial charge on any atom is 0.335 e. The molecule has 1 aromatic carbocycles. The molecule has 0 aliphatic heterocycles. The Bertz CT molecular complexity index is 393. The summed E-state index contributed by atoms with van der Waals surface area (Å²) in [4.78, 5) is 10.7. The lowest BCUT2D eigenvalue weighted by molar-refractivity contribution is 0.0697. The zero-order chi connectivity index (χ0) is 12.0. The minimum absolute atomic E-state index is 0.251. The average molecular weight is 241 g/mol. The molecule has 0 spiro atoms. The third-order valence-corrected chi connectivity index (χ3v) is 3.39. The van der Waals surface area contributed by atoms with Crippen molar-refractivity contribution in [2.45, 2.75) is 6.92 Å². The van der Waals surface area contributed by atoms with Crippen LogP contribution in [0, 0.1) is 0 Å². The van der Waals surface area contributed by atoms with E-state index >= 15 is 0 Å². The van der Waals surface area contributed by atoms with E-state index < -0.39 is 16.8 Å². The number of nitrogens with one attached hydrogen (secondary N) is 1. The molecule has 1 unspecified atom stereocenters. The van der Waals surface area contributed by atoms with E-state index in [1.54, 1.807) is 18.2 Å². The standard InChI is InChI=1S/C11H15NO3S/c1-2-16(15)7-6-12-10-5-3-4-9(8-10)11(13)14/h3-5,8,12H,2,6-7H2,1H3,(H,13,14). The molecule has 0 aliphatic carbocycles. The van der Waals surface area contributed by atoms with Crippen LogP contribution in [-0.2, 0) is 10.8 Å². The Labute approximate surface area is 97.1 Å². The molecule has 0 bridgehead atoms. The molecule has 0 heterocycles. The van der Waals surface area contributed by atoms with Gasteiger partial charge in [-0.15, -0.1) is 0 Å². The molecule has 4 nitrogen and oxygen atoms in total. The molecule has 0 aliphatic rings. The van der Waals surface area contributed by atoms with E-state index in [0.29, 0.717) is 18.1 Å². The Morgan fingerprint density at radius 1 is 1.50 bits per heavy atom. The van der Waals surface area contributed by atoms with Crippen molar-refractivity contribution in [3.63, 3.8) is 0 Å². The maximum atomic E-state index is 11.2. The van der Waals surface area contributed by atoms with Crippen LogP contribution in [-0.4, -0.2) is 33.3 Å². The first kappa shape index (κ1) is 12.7. The number of carboxylic acid groups (broad SMARTS) is 1. The number of carbonyl (C=O) groups is 1. The third-order valence-electron chi connectivity index (χ3n) is 2.09. The molecule has 1 atom stereocenters. The quantitative estimate of drug-likeness (QED) is 0.793. The highest BCUT2D eigenvalue weighted by atomic mass is 32.2. The molecule has 0 aromatic heterocycles. The van der Waals surface area contributed by atoms with E-state index in [2.05, 4.69) is 5.32 Å². The fraction of sp³-hybridized carbons (Fsp3) is 0.364. The topological polar surface area (TPSA) is 66.4 Å². The number of hydrogen-bond acceptors (Lipinski definition) is 3. The van der Waals surface area contributed by atoms with Crippen molar-refractivity contribution >= 4 is 22.5 Å². The number of aromatic carboxylic acids is 1. The molecule has 0 fully saturated rings. The van der Waals surface area contributed by atoms with Crippen molar-refractivity contribution in [2.75, 3.05) is 23.4 Å². The van der Waals surface area contributed by atoms with Gasteiger partial charge in [-0.2, -0.15) is 0 Å². The second-order valence-electron chi connectivity index (χ2n) is 3.25. The van der Waals surface area contributed by atoms with Crippen molar-refractivity contribution < 1.29 is 14.1 Å². The molecule has 0 amide bonds. The highest BCUT2D eigenvalue weighted by molar-refractivity contribution is 7.84. The molecular weight excluding hydrogens is 226 g/mol. The van der Waals surface area contributed by atoms with Crippen LogP contribution in [0.25, 0.3) is 0 Å². The van der Waals surface area contributed by atoms with Crippen molar-refractivity contribution in [3.05, 3.63) is 29.8 Å². The normalized spacial score (nSPS) is 12.1. The van der Waals surface area contributed by atoms with Gasteiger partial charge in [-0.05, 0) is 18.2 Å². The van der Waals surface area contributed by atoms with Gasteiger partial charge in [-0.1, -0.05) is 13.0 Å². The molecule has 1 rings (SSSR count). The van der Waals surface area contributed by atoms with Crippen LogP contribution in [0.5, 0.6) is 0 Å². The summed E-state index contributed by atoms with van der Waals surface area (Å²) >= 11 is 0. The van der Waals surface area contributed by atoms with Gasteiger partial charge in [-0.25, -0.2) is 4.79 Å². The minimum atomic E-state index is -0.944. The first-order chi connectivity index (χ1) is 7.63.